The van der Waals surface area contributed by atoms with E-state index in [0.29, 0.717) is 24.9 Å². The van der Waals surface area contributed by atoms with Gasteiger partial charge in [0.15, 0.2) is 0 Å². The molecule has 0 bridgehead atoms. The van der Waals surface area contributed by atoms with Gasteiger partial charge in [0.25, 0.3) is 0 Å². The largest absolute Gasteiger partial charge is 0.497 e. The quantitative estimate of drug-likeness (QED) is 0.732. The first-order chi connectivity index (χ1) is 13.1. The number of hydrogen-bond donors (Lipinski definition) is 0. The molecule has 1 aliphatic heterocycles. The van der Waals surface area contributed by atoms with Crippen LogP contribution in [-0.4, -0.2) is 46.0 Å². The van der Waals surface area contributed by atoms with Crippen LogP contribution in [0.4, 0.5) is 18.9 Å². The molecule has 2 aromatic carbocycles. The van der Waals surface area contributed by atoms with E-state index >= 15 is 0 Å². The molecule has 152 valence electrons. The van der Waals surface area contributed by atoms with Gasteiger partial charge in [0.1, 0.15) is 10.6 Å². The number of ether oxygens (including phenoxy) is 1. The number of hydrogen-bond acceptors (Lipinski definition) is 4. The molecule has 0 N–H and O–H groups in total. The minimum atomic E-state index is -4.65. The van der Waals surface area contributed by atoms with Crippen LogP contribution >= 0.6 is 11.6 Å². The van der Waals surface area contributed by atoms with Crippen molar-refractivity contribution in [3.05, 3.63) is 53.1 Å². The number of nitrogens with zero attached hydrogens (tertiary/aromatic N) is 2. The van der Waals surface area contributed by atoms with E-state index in [1.54, 1.807) is 13.2 Å². The number of halogens is 4. The number of anilines is 1. The van der Waals surface area contributed by atoms with E-state index in [1.807, 2.05) is 23.1 Å². The lowest BCUT2D eigenvalue weighted by Gasteiger charge is -2.35. The first-order valence-electron chi connectivity index (χ1n) is 8.39. The molecule has 2 aromatic rings. The fourth-order valence-electron chi connectivity index (χ4n) is 3.01. The smallest absolute Gasteiger partial charge is 0.416 e. The van der Waals surface area contributed by atoms with Gasteiger partial charge in [-0.3, -0.25) is 0 Å². The van der Waals surface area contributed by atoms with Crippen molar-refractivity contribution in [1.82, 2.24) is 4.31 Å². The van der Waals surface area contributed by atoms with Gasteiger partial charge in [0.05, 0.1) is 17.7 Å². The van der Waals surface area contributed by atoms with Gasteiger partial charge >= 0.3 is 6.18 Å². The minimum absolute atomic E-state index is 0.131. The van der Waals surface area contributed by atoms with E-state index in [4.69, 9.17) is 16.3 Å². The van der Waals surface area contributed by atoms with Crippen LogP contribution < -0.4 is 9.64 Å². The van der Waals surface area contributed by atoms with Crippen molar-refractivity contribution in [3.63, 3.8) is 0 Å². The van der Waals surface area contributed by atoms with Crippen LogP contribution in [0.5, 0.6) is 5.75 Å². The summed E-state index contributed by atoms with van der Waals surface area (Å²) in [6, 6.07) is 9.68. The molecule has 0 radical (unpaired) electrons. The first-order valence-corrected chi connectivity index (χ1v) is 10.2. The molecule has 10 heteroatoms. The van der Waals surface area contributed by atoms with Gasteiger partial charge in [0.2, 0.25) is 10.0 Å². The average Bonchev–Trinajstić information content (AvgIpc) is 2.67. The fourth-order valence-corrected chi connectivity index (χ4v) is 4.93. The van der Waals surface area contributed by atoms with Crippen molar-refractivity contribution in [3.8, 4) is 5.75 Å². The molecule has 0 aliphatic carbocycles. The molecule has 0 saturated carbocycles. The highest BCUT2D eigenvalue weighted by Gasteiger charge is 2.35. The zero-order chi connectivity index (χ0) is 20.5. The second-order valence-corrected chi connectivity index (χ2v) is 8.55. The first kappa shape index (κ1) is 20.8. The van der Waals surface area contributed by atoms with Gasteiger partial charge in [-0.25, -0.2) is 8.42 Å². The number of piperazine rings is 1. The number of sulfonamides is 1. The summed E-state index contributed by atoms with van der Waals surface area (Å²) >= 11 is 5.91. The van der Waals surface area contributed by atoms with Crippen LogP contribution in [-0.2, 0) is 16.2 Å². The summed E-state index contributed by atoms with van der Waals surface area (Å²) in [6.45, 7) is 1.05. The van der Waals surface area contributed by atoms with Gasteiger partial charge in [-0.1, -0.05) is 17.7 Å². The Balaban J connectivity index is 1.80. The van der Waals surface area contributed by atoms with E-state index in [2.05, 4.69) is 0 Å². The maximum Gasteiger partial charge on any atom is 0.416 e. The normalized spacial score (nSPS) is 16.2. The van der Waals surface area contributed by atoms with Crippen LogP contribution in [0.1, 0.15) is 5.56 Å². The average molecular weight is 435 g/mol. The SMILES string of the molecule is COc1cccc(N2CCN(S(=O)(=O)c3cc(C(F)(F)F)ccc3Cl)CC2)c1. The van der Waals surface area contributed by atoms with Gasteiger partial charge in [-0.15, -0.1) is 0 Å². The van der Waals surface area contributed by atoms with E-state index in [1.165, 1.54) is 0 Å². The molecule has 1 fully saturated rings. The standard InChI is InChI=1S/C18H18ClF3N2O3S/c1-27-15-4-2-3-14(12-15)23-7-9-24(10-8-23)28(25,26)17-11-13(18(20,21)22)5-6-16(17)19/h2-6,11-12H,7-10H2,1H3. The highest BCUT2D eigenvalue weighted by Crippen LogP contribution is 2.34. The zero-order valence-corrected chi connectivity index (χ0v) is 16.5. The maximum atomic E-state index is 13.0. The summed E-state index contributed by atoms with van der Waals surface area (Å²) in [4.78, 5) is 1.46. The van der Waals surface area contributed by atoms with Crippen molar-refractivity contribution in [2.24, 2.45) is 0 Å². The summed E-state index contributed by atoms with van der Waals surface area (Å²) in [5.41, 5.74) is -0.168. The highest BCUT2D eigenvalue weighted by atomic mass is 35.5. The van der Waals surface area contributed by atoms with Gasteiger partial charge in [-0.05, 0) is 30.3 Å². The van der Waals surface area contributed by atoms with E-state index in [0.717, 1.165) is 22.1 Å². The van der Waals surface area contributed by atoms with Crippen LogP contribution in [0, 0.1) is 0 Å². The molecular weight excluding hydrogens is 417 g/mol. The minimum Gasteiger partial charge on any atom is -0.497 e. The second kappa shape index (κ2) is 7.81. The molecule has 0 atom stereocenters. The molecule has 3 rings (SSSR count). The summed E-state index contributed by atoms with van der Waals surface area (Å²) in [7, 11) is -2.59. The van der Waals surface area contributed by atoms with Crippen molar-refractivity contribution < 1.29 is 26.3 Å². The number of rotatable bonds is 4. The summed E-state index contributed by atoms with van der Waals surface area (Å²) in [6.07, 6.45) is -4.65. The van der Waals surface area contributed by atoms with Crippen molar-refractivity contribution in [1.29, 1.82) is 0 Å². The Hall–Kier alpha value is -1.97. The van der Waals surface area contributed by atoms with Crippen molar-refractivity contribution >= 4 is 27.3 Å². The van der Waals surface area contributed by atoms with E-state index in [9.17, 15) is 21.6 Å². The molecule has 1 saturated heterocycles. The van der Waals surface area contributed by atoms with E-state index < -0.39 is 26.7 Å². The van der Waals surface area contributed by atoms with Crippen molar-refractivity contribution in [2.75, 3.05) is 38.2 Å². The van der Waals surface area contributed by atoms with Crippen LogP contribution in [0.15, 0.2) is 47.4 Å². The Bertz CT molecular complexity index is 959. The number of methoxy groups -OCH3 is 1. The fraction of sp³-hybridized carbons (Fsp3) is 0.333. The topological polar surface area (TPSA) is 49.9 Å². The molecule has 0 aromatic heterocycles. The van der Waals surface area contributed by atoms with E-state index in [-0.39, 0.29) is 18.1 Å². The lowest BCUT2D eigenvalue weighted by atomic mass is 10.2. The molecule has 5 nitrogen and oxygen atoms in total. The Kier molecular flexibility index (Phi) is 5.79. The Morgan fingerprint density at radius 3 is 2.32 bits per heavy atom. The number of alkyl halides is 3. The molecule has 0 amide bonds. The van der Waals surface area contributed by atoms with Crippen LogP contribution in [0.25, 0.3) is 0 Å². The lowest BCUT2D eigenvalue weighted by Crippen LogP contribution is -2.48. The predicted octanol–water partition coefficient (Wildman–Crippen LogP) is 3.88. The predicted molar refractivity (Wildman–Crippen MR) is 100 cm³/mol. The Morgan fingerprint density at radius 2 is 1.71 bits per heavy atom. The van der Waals surface area contributed by atoms with Gasteiger partial charge in [-0.2, -0.15) is 17.5 Å². The third kappa shape index (κ3) is 4.21. The Morgan fingerprint density at radius 1 is 1.04 bits per heavy atom. The third-order valence-electron chi connectivity index (χ3n) is 4.53. The third-order valence-corrected chi connectivity index (χ3v) is 6.91. The molecule has 28 heavy (non-hydrogen) atoms. The highest BCUT2D eigenvalue weighted by molar-refractivity contribution is 7.89. The monoisotopic (exact) mass is 434 g/mol. The summed E-state index contributed by atoms with van der Waals surface area (Å²) in [5.74, 6) is 0.684. The van der Waals surface area contributed by atoms with Gasteiger partial charge in [0, 0.05) is 37.9 Å². The lowest BCUT2D eigenvalue weighted by molar-refractivity contribution is -0.137. The summed E-state index contributed by atoms with van der Waals surface area (Å²) < 4.78 is 71.0. The summed E-state index contributed by atoms with van der Waals surface area (Å²) in [5, 5.41) is -0.233. The second-order valence-electron chi connectivity index (χ2n) is 6.24. The van der Waals surface area contributed by atoms with Crippen LogP contribution in [0.3, 0.4) is 0 Å². The van der Waals surface area contributed by atoms with Crippen LogP contribution in [0.2, 0.25) is 5.02 Å². The molecule has 1 aliphatic rings. The van der Waals surface area contributed by atoms with Crippen molar-refractivity contribution in [2.45, 2.75) is 11.1 Å². The zero-order valence-electron chi connectivity index (χ0n) is 14.9. The Labute approximate surface area is 166 Å². The molecular formula is C18H18ClF3N2O3S. The maximum absolute atomic E-state index is 13.0. The molecule has 0 unspecified atom stereocenters. The van der Waals surface area contributed by atoms with Gasteiger partial charge < -0.3 is 9.64 Å². The molecule has 1 heterocycles. The molecule has 0 spiro atoms. The number of benzene rings is 2.